The molecule has 0 saturated heterocycles. The largest absolute Gasteiger partial charge is 0.756 e. The van der Waals surface area contributed by atoms with E-state index in [0.717, 1.165) is 25.8 Å². The number of hydrogen-bond acceptors (Lipinski definition) is 7. The van der Waals surface area contributed by atoms with Crippen molar-refractivity contribution in [2.24, 2.45) is 5.73 Å². The molecular formula is C20H45N2O6P. The predicted octanol–water partition coefficient (Wildman–Crippen LogP) is 2.43. The van der Waals surface area contributed by atoms with Crippen LogP contribution in [0.15, 0.2) is 0 Å². The van der Waals surface area contributed by atoms with Gasteiger partial charge in [0.2, 0.25) is 0 Å². The monoisotopic (exact) mass is 440 g/mol. The Bertz CT molecular complexity index is 420. The molecule has 8 nitrogen and oxygen atoms in total. The van der Waals surface area contributed by atoms with Gasteiger partial charge < -0.3 is 34.0 Å². The molecule has 0 fully saturated rings. The summed E-state index contributed by atoms with van der Waals surface area (Å²) in [4.78, 5) is 11.6. The Hall–Kier alpha value is -0.0500. The molecule has 0 saturated carbocycles. The fourth-order valence-electron chi connectivity index (χ4n) is 2.67. The van der Waals surface area contributed by atoms with E-state index < -0.39 is 13.9 Å². The molecule has 0 radical (unpaired) electrons. The molecule has 176 valence electrons. The van der Waals surface area contributed by atoms with Crippen LogP contribution in [0.3, 0.4) is 0 Å². The van der Waals surface area contributed by atoms with Gasteiger partial charge in [-0.3, -0.25) is 4.57 Å². The van der Waals surface area contributed by atoms with Crippen molar-refractivity contribution in [2.75, 3.05) is 60.7 Å². The Morgan fingerprint density at radius 1 is 0.862 bits per heavy atom. The molecule has 0 spiro atoms. The van der Waals surface area contributed by atoms with Crippen LogP contribution in [0.1, 0.15) is 64.2 Å². The van der Waals surface area contributed by atoms with Gasteiger partial charge in [-0.05, 0) is 19.4 Å². The molecule has 29 heavy (non-hydrogen) atoms. The quantitative estimate of drug-likeness (QED) is 0.160. The Morgan fingerprint density at radius 3 is 1.90 bits per heavy atom. The number of rotatable bonds is 21. The summed E-state index contributed by atoms with van der Waals surface area (Å²) >= 11 is 0. The van der Waals surface area contributed by atoms with E-state index in [2.05, 4.69) is 0 Å². The average Bonchev–Trinajstić information content (AvgIpc) is 2.62. The number of unbranched alkanes of at least 4 members (excludes halogenated alkanes) is 9. The van der Waals surface area contributed by atoms with Crippen LogP contribution < -0.4 is 10.6 Å². The van der Waals surface area contributed by atoms with Crippen molar-refractivity contribution in [1.29, 1.82) is 0 Å². The third-order valence-electron chi connectivity index (χ3n) is 4.49. The first kappa shape index (κ1) is 28.9. The summed E-state index contributed by atoms with van der Waals surface area (Å²) in [5.41, 5.74) is 5.48. The number of aliphatic hydroxyl groups excluding tert-OH is 1. The second kappa shape index (κ2) is 17.6. The molecule has 0 aromatic carbocycles. The number of aliphatic hydroxyl groups is 1. The third kappa shape index (κ3) is 22.5. The second-order valence-corrected chi connectivity index (χ2v) is 10.1. The maximum absolute atomic E-state index is 11.6. The average molecular weight is 441 g/mol. The van der Waals surface area contributed by atoms with E-state index in [1.54, 1.807) is 0 Å². The van der Waals surface area contributed by atoms with Crippen LogP contribution in [0.5, 0.6) is 0 Å². The lowest BCUT2D eigenvalue weighted by Gasteiger charge is -2.27. The van der Waals surface area contributed by atoms with Crippen LogP contribution in [0, 0.1) is 0 Å². The molecule has 3 N–H and O–H groups in total. The minimum Gasteiger partial charge on any atom is -0.756 e. The van der Waals surface area contributed by atoms with E-state index in [4.69, 9.17) is 19.5 Å². The van der Waals surface area contributed by atoms with Crippen molar-refractivity contribution < 1.29 is 32.8 Å². The van der Waals surface area contributed by atoms with E-state index in [1.807, 2.05) is 21.1 Å². The maximum Gasteiger partial charge on any atom is 0.268 e. The Balaban J connectivity index is 3.47. The minimum absolute atomic E-state index is 0.0468. The molecule has 0 aliphatic carbocycles. The molecule has 0 amide bonds. The highest BCUT2D eigenvalue weighted by Gasteiger charge is 2.15. The summed E-state index contributed by atoms with van der Waals surface area (Å²) in [6.07, 6.45) is 11.1. The van der Waals surface area contributed by atoms with Crippen LogP contribution in [-0.4, -0.2) is 76.4 Å². The van der Waals surface area contributed by atoms with Gasteiger partial charge in [-0.25, -0.2) is 0 Å². The lowest BCUT2D eigenvalue weighted by Crippen LogP contribution is -2.37. The number of nitrogens with two attached hydrogens (primary N) is 1. The lowest BCUT2D eigenvalue weighted by molar-refractivity contribution is -0.870. The van der Waals surface area contributed by atoms with Crippen molar-refractivity contribution in [2.45, 2.75) is 70.3 Å². The highest BCUT2D eigenvalue weighted by atomic mass is 31.2. The van der Waals surface area contributed by atoms with Gasteiger partial charge in [-0.1, -0.05) is 51.4 Å². The lowest BCUT2D eigenvalue weighted by atomic mass is 10.1. The summed E-state index contributed by atoms with van der Waals surface area (Å²) in [6.45, 7) is 1.65. The van der Waals surface area contributed by atoms with Gasteiger partial charge in [0.25, 0.3) is 7.82 Å². The first-order valence-electron chi connectivity index (χ1n) is 11.0. The zero-order valence-corrected chi connectivity index (χ0v) is 19.7. The third-order valence-corrected chi connectivity index (χ3v) is 5.45. The maximum atomic E-state index is 11.6. The molecule has 0 aromatic rings. The van der Waals surface area contributed by atoms with Crippen LogP contribution in [0.2, 0.25) is 0 Å². The zero-order valence-electron chi connectivity index (χ0n) is 18.9. The summed E-state index contributed by atoms with van der Waals surface area (Å²) in [5, 5.41) is 9.77. The fraction of sp³-hybridized carbons (Fsp3) is 1.00. The summed E-state index contributed by atoms with van der Waals surface area (Å²) in [7, 11) is 1.43. The van der Waals surface area contributed by atoms with Crippen molar-refractivity contribution in [3.63, 3.8) is 0 Å². The fourth-order valence-corrected chi connectivity index (χ4v) is 3.41. The summed E-state index contributed by atoms with van der Waals surface area (Å²) in [5.74, 6) is 0. The SMILES string of the molecule is C[N+](C)(C)CCOP(=O)([O-])OC[C@H](O)COCCCCCCCCCCCCN. The van der Waals surface area contributed by atoms with E-state index in [-0.39, 0.29) is 19.8 Å². The molecule has 0 aliphatic rings. The Morgan fingerprint density at radius 2 is 1.38 bits per heavy atom. The molecule has 0 bridgehead atoms. The van der Waals surface area contributed by atoms with Gasteiger partial charge in [0.15, 0.2) is 0 Å². The standard InChI is InChI=1S/C20H45N2O6P/c1-22(2,3)15-17-27-29(24,25)28-19-20(23)18-26-16-13-11-9-7-5-4-6-8-10-12-14-21/h20,23H,4-19,21H2,1-3H3/t20-/m1/s1. The number of nitrogens with zero attached hydrogens (tertiary/aromatic N) is 1. The summed E-state index contributed by atoms with van der Waals surface area (Å²) in [6, 6.07) is 0. The summed E-state index contributed by atoms with van der Waals surface area (Å²) < 4.78 is 27.1. The first-order valence-corrected chi connectivity index (χ1v) is 12.5. The van der Waals surface area contributed by atoms with Crippen LogP contribution in [0.4, 0.5) is 0 Å². The van der Waals surface area contributed by atoms with Crippen LogP contribution in [-0.2, 0) is 18.3 Å². The normalized spacial score (nSPS) is 15.4. The minimum atomic E-state index is -4.39. The highest BCUT2D eigenvalue weighted by molar-refractivity contribution is 7.45. The van der Waals surface area contributed by atoms with Crippen molar-refractivity contribution >= 4 is 7.82 Å². The van der Waals surface area contributed by atoms with Gasteiger partial charge in [0.1, 0.15) is 19.3 Å². The van der Waals surface area contributed by atoms with E-state index in [9.17, 15) is 14.6 Å². The van der Waals surface area contributed by atoms with Gasteiger partial charge in [0.05, 0.1) is 34.4 Å². The number of ether oxygens (including phenoxy) is 1. The molecule has 0 rings (SSSR count). The zero-order chi connectivity index (χ0) is 22.0. The number of likely N-dealkylation sites (N-methyl/N-ethyl adjacent to an activating group) is 1. The number of hydrogen-bond donors (Lipinski definition) is 2. The van der Waals surface area contributed by atoms with Gasteiger partial charge >= 0.3 is 0 Å². The van der Waals surface area contributed by atoms with Crippen LogP contribution >= 0.6 is 7.82 Å². The topological polar surface area (TPSA) is 114 Å². The molecule has 0 heterocycles. The van der Waals surface area contributed by atoms with Gasteiger partial charge in [0, 0.05) is 6.61 Å². The predicted molar refractivity (Wildman–Crippen MR) is 114 cm³/mol. The van der Waals surface area contributed by atoms with Crippen molar-refractivity contribution in [3.8, 4) is 0 Å². The van der Waals surface area contributed by atoms with Crippen molar-refractivity contribution in [3.05, 3.63) is 0 Å². The molecule has 2 atom stereocenters. The van der Waals surface area contributed by atoms with Gasteiger partial charge in [-0.15, -0.1) is 0 Å². The molecule has 9 heteroatoms. The molecule has 1 unspecified atom stereocenters. The number of phosphoric ester groups is 1. The van der Waals surface area contributed by atoms with E-state index in [1.165, 1.54) is 44.9 Å². The van der Waals surface area contributed by atoms with E-state index >= 15 is 0 Å². The van der Waals surface area contributed by atoms with Crippen LogP contribution in [0.25, 0.3) is 0 Å². The molecular weight excluding hydrogens is 395 g/mol. The Kier molecular flexibility index (Phi) is 17.6. The van der Waals surface area contributed by atoms with E-state index in [0.29, 0.717) is 17.6 Å². The first-order chi connectivity index (χ1) is 13.7. The molecule has 0 aromatic heterocycles. The Labute approximate surface area is 177 Å². The number of phosphoric acid groups is 1. The highest BCUT2D eigenvalue weighted by Crippen LogP contribution is 2.38. The van der Waals surface area contributed by atoms with Crippen molar-refractivity contribution in [1.82, 2.24) is 0 Å². The second-order valence-electron chi connectivity index (χ2n) is 8.64. The number of quaternary nitrogens is 1. The smallest absolute Gasteiger partial charge is 0.268 e. The van der Waals surface area contributed by atoms with Gasteiger partial charge in [-0.2, -0.15) is 0 Å². The molecule has 0 aliphatic heterocycles.